The van der Waals surface area contributed by atoms with E-state index >= 15 is 0 Å². The Kier molecular flexibility index (Phi) is 7.35. The zero-order valence-electron chi connectivity index (χ0n) is 15.8. The fraction of sp³-hybridized carbons (Fsp3) is 0.571. The Bertz CT molecular complexity index is 624. The number of aromatic nitrogens is 2. The summed E-state index contributed by atoms with van der Waals surface area (Å²) in [6, 6.07) is 0.398. The molecule has 0 saturated heterocycles. The van der Waals surface area contributed by atoms with Gasteiger partial charge in [-0.2, -0.15) is 0 Å². The first kappa shape index (κ1) is 19.4. The zero-order valence-corrected chi connectivity index (χ0v) is 15.8. The molecule has 3 atom stereocenters. The number of rotatable bonds is 8. The Hall–Kier alpha value is -1.97. The van der Waals surface area contributed by atoms with E-state index in [0.29, 0.717) is 24.3 Å². The molecule has 1 heterocycles. The molecule has 4 nitrogen and oxygen atoms in total. The summed E-state index contributed by atoms with van der Waals surface area (Å²) in [5.74, 6) is 2.01. The number of unbranched alkanes of at least 4 members (excludes halogenated alkanes) is 1. The minimum atomic E-state index is 0.163. The van der Waals surface area contributed by atoms with Crippen LogP contribution in [0.25, 0.3) is 6.08 Å². The lowest BCUT2D eigenvalue weighted by molar-refractivity contribution is -0.116. The molecule has 1 aliphatic carbocycles. The van der Waals surface area contributed by atoms with Gasteiger partial charge in [-0.3, -0.25) is 9.78 Å². The lowest BCUT2D eigenvalue weighted by Gasteiger charge is -2.34. The number of ketones is 1. The van der Waals surface area contributed by atoms with Gasteiger partial charge < -0.3 is 5.32 Å². The molecule has 3 unspecified atom stereocenters. The third-order valence-electron chi connectivity index (χ3n) is 5.11. The number of carbonyl (C=O) groups excluding carboxylic acids is 1. The van der Waals surface area contributed by atoms with Crippen molar-refractivity contribution < 1.29 is 4.79 Å². The standard InChI is InChI=1S/C21H31N3O/c1-5-7-8-9-20-16(4)22-14-21(24-20)23-18-11-10-17(15(3)12-18)13-19(25)6-2/h6,8-9,14-15,17-18H,2,5,7,10-13H2,1,3-4H3,(H,23,24). The minimum Gasteiger partial charge on any atom is -0.366 e. The summed E-state index contributed by atoms with van der Waals surface area (Å²) in [4.78, 5) is 20.8. The first-order valence-electron chi connectivity index (χ1n) is 9.45. The summed E-state index contributed by atoms with van der Waals surface area (Å²) in [6.45, 7) is 9.99. The van der Waals surface area contributed by atoms with E-state index in [9.17, 15) is 4.79 Å². The highest BCUT2D eigenvalue weighted by atomic mass is 16.1. The predicted molar refractivity (Wildman–Crippen MR) is 104 cm³/mol. The molecule has 1 aromatic heterocycles. The molecule has 0 amide bonds. The number of anilines is 1. The smallest absolute Gasteiger partial charge is 0.155 e. The number of aryl methyl sites for hydroxylation is 1. The maximum Gasteiger partial charge on any atom is 0.155 e. The largest absolute Gasteiger partial charge is 0.366 e. The molecule has 1 aromatic rings. The first-order valence-corrected chi connectivity index (χ1v) is 9.45. The summed E-state index contributed by atoms with van der Waals surface area (Å²) in [7, 11) is 0. The van der Waals surface area contributed by atoms with Gasteiger partial charge in [0.25, 0.3) is 0 Å². The van der Waals surface area contributed by atoms with Gasteiger partial charge in [-0.15, -0.1) is 0 Å². The fourth-order valence-corrected chi connectivity index (χ4v) is 3.50. The summed E-state index contributed by atoms with van der Waals surface area (Å²) >= 11 is 0. The molecule has 136 valence electrons. The first-order chi connectivity index (χ1) is 12.0. The van der Waals surface area contributed by atoms with Crippen molar-refractivity contribution in [2.24, 2.45) is 11.8 Å². The highest BCUT2D eigenvalue weighted by Crippen LogP contribution is 2.33. The van der Waals surface area contributed by atoms with Crippen molar-refractivity contribution in [1.29, 1.82) is 0 Å². The van der Waals surface area contributed by atoms with Crippen molar-refractivity contribution in [3.63, 3.8) is 0 Å². The van der Waals surface area contributed by atoms with Crippen molar-refractivity contribution in [2.75, 3.05) is 5.32 Å². The zero-order chi connectivity index (χ0) is 18.2. The van der Waals surface area contributed by atoms with Crippen LogP contribution in [0.3, 0.4) is 0 Å². The SMILES string of the molecule is C=CC(=O)CC1CCC(Nc2cnc(C)c(C=CCCC)n2)CC1C. The molecule has 4 heteroatoms. The molecule has 1 aliphatic rings. The molecular weight excluding hydrogens is 310 g/mol. The van der Waals surface area contributed by atoms with Gasteiger partial charge in [-0.25, -0.2) is 4.98 Å². The molecule has 0 bridgehead atoms. The van der Waals surface area contributed by atoms with Gasteiger partial charge in [0, 0.05) is 12.5 Å². The van der Waals surface area contributed by atoms with Crippen molar-refractivity contribution in [3.8, 4) is 0 Å². The highest BCUT2D eigenvalue weighted by Gasteiger charge is 2.28. The number of nitrogens with zero attached hydrogens (tertiary/aromatic N) is 2. The van der Waals surface area contributed by atoms with Crippen LogP contribution in [0.15, 0.2) is 24.9 Å². The lowest BCUT2D eigenvalue weighted by atomic mass is 9.75. The summed E-state index contributed by atoms with van der Waals surface area (Å²) in [6.07, 6.45) is 13.5. The third-order valence-corrected chi connectivity index (χ3v) is 5.11. The molecule has 1 N–H and O–H groups in total. The molecule has 1 saturated carbocycles. The van der Waals surface area contributed by atoms with Crippen LogP contribution in [-0.4, -0.2) is 21.8 Å². The summed E-state index contributed by atoms with van der Waals surface area (Å²) in [5.41, 5.74) is 1.90. The van der Waals surface area contributed by atoms with Crippen LogP contribution in [0.2, 0.25) is 0 Å². The Labute approximate surface area is 151 Å². The summed E-state index contributed by atoms with van der Waals surface area (Å²) in [5, 5.41) is 3.54. The van der Waals surface area contributed by atoms with Gasteiger partial charge in [-0.1, -0.05) is 32.9 Å². The molecule has 0 aliphatic heterocycles. The predicted octanol–water partition coefficient (Wildman–Crippen LogP) is 4.96. The van der Waals surface area contributed by atoms with Crippen molar-refractivity contribution in [2.45, 2.75) is 65.3 Å². The van der Waals surface area contributed by atoms with E-state index in [1.54, 1.807) is 0 Å². The monoisotopic (exact) mass is 341 g/mol. The second-order valence-electron chi connectivity index (χ2n) is 7.18. The molecule has 0 aromatic carbocycles. The number of hydrogen-bond acceptors (Lipinski definition) is 4. The second kappa shape index (κ2) is 9.50. The van der Waals surface area contributed by atoms with Gasteiger partial charge >= 0.3 is 0 Å². The minimum absolute atomic E-state index is 0.163. The van der Waals surface area contributed by atoms with E-state index in [4.69, 9.17) is 4.98 Å². The van der Waals surface area contributed by atoms with E-state index < -0.39 is 0 Å². The number of allylic oxidation sites excluding steroid dienone is 2. The third kappa shape index (κ3) is 5.80. The highest BCUT2D eigenvalue weighted by molar-refractivity contribution is 5.89. The maximum absolute atomic E-state index is 11.6. The molecule has 0 spiro atoms. The Morgan fingerprint density at radius 2 is 2.24 bits per heavy atom. The number of hydrogen-bond donors (Lipinski definition) is 1. The van der Waals surface area contributed by atoms with Crippen molar-refractivity contribution in [1.82, 2.24) is 9.97 Å². The number of nitrogens with one attached hydrogen (secondary N) is 1. The van der Waals surface area contributed by atoms with Gasteiger partial charge in [0.15, 0.2) is 5.78 Å². The maximum atomic E-state index is 11.6. The molecular formula is C21H31N3O. The van der Waals surface area contributed by atoms with Crippen LogP contribution >= 0.6 is 0 Å². The van der Waals surface area contributed by atoms with E-state index in [-0.39, 0.29) is 5.78 Å². The van der Waals surface area contributed by atoms with Crippen molar-refractivity contribution >= 4 is 17.7 Å². The van der Waals surface area contributed by atoms with E-state index in [1.165, 1.54) is 6.08 Å². The van der Waals surface area contributed by atoms with Crippen LogP contribution in [0.4, 0.5) is 5.82 Å². The van der Waals surface area contributed by atoms with Crippen LogP contribution in [0.5, 0.6) is 0 Å². The van der Waals surface area contributed by atoms with Gasteiger partial charge in [-0.05, 0) is 56.6 Å². The second-order valence-corrected chi connectivity index (χ2v) is 7.18. The molecule has 0 radical (unpaired) electrons. The van der Waals surface area contributed by atoms with E-state index in [0.717, 1.165) is 49.3 Å². The van der Waals surface area contributed by atoms with Crippen LogP contribution in [-0.2, 0) is 4.79 Å². The Morgan fingerprint density at radius 1 is 1.44 bits per heavy atom. The normalized spacial score (nSPS) is 23.6. The molecule has 2 rings (SSSR count). The van der Waals surface area contributed by atoms with Crippen LogP contribution in [0, 0.1) is 18.8 Å². The van der Waals surface area contributed by atoms with Crippen molar-refractivity contribution in [3.05, 3.63) is 36.3 Å². The Balaban J connectivity index is 1.95. The number of carbonyl (C=O) groups is 1. The quantitative estimate of drug-likeness (QED) is 0.679. The Morgan fingerprint density at radius 3 is 2.92 bits per heavy atom. The van der Waals surface area contributed by atoms with Gasteiger partial charge in [0.2, 0.25) is 0 Å². The fourth-order valence-electron chi connectivity index (χ4n) is 3.50. The van der Waals surface area contributed by atoms with Crippen LogP contribution < -0.4 is 5.32 Å². The van der Waals surface area contributed by atoms with Gasteiger partial charge in [0.1, 0.15) is 5.82 Å². The average molecular weight is 341 g/mol. The van der Waals surface area contributed by atoms with Crippen LogP contribution in [0.1, 0.15) is 63.8 Å². The van der Waals surface area contributed by atoms with Gasteiger partial charge in [0.05, 0.1) is 17.6 Å². The molecule has 25 heavy (non-hydrogen) atoms. The topological polar surface area (TPSA) is 54.9 Å². The average Bonchev–Trinajstić information content (AvgIpc) is 2.60. The van der Waals surface area contributed by atoms with E-state index in [1.807, 2.05) is 13.1 Å². The summed E-state index contributed by atoms with van der Waals surface area (Å²) < 4.78 is 0. The molecule has 1 fully saturated rings. The van der Waals surface area contributed by atoms with E-state index in [2.05, 4.69) is 42.9 Å². The lowest BCUT2D eigenvalue weighted by Crippen LogP contribution is -2.32.